The Morgan fingerprint density at radius 2 is 1.63 bits per heavy atom. The lowest BCUT2D eigenvalue weighted by Crippen LogP contribution is -2.44. The molecule has 1 saturated heterocycles. The Morgan fingerprint density at radius 3 is 2.19 bits per heavy atom. The Morgan fingerprint density at radius 1 is 1.04 bits per heavy atom. The van der Waals surface area contributed by atoms with E-state index in [1.165, 1.54) is 5.56 Å². The highest BCUT2D eigenvalue weighted by molar-refractivity contribution is 7.89. The Kier molecular flexibility index (Phi) is 6.58. The summed E-state index contributed by atoms with van der Waals surface area (Å²) in [5.41, 5.74) is 2.37. The van der Waals surface area contributed by atoms with Crippen molar-refractivity contribution in [1.29, 1.82) is 0 Å². The standard InChI is InChI=1S/C21H27ClN2O2S/c1-16(2)18-5-9-21(10-6-18)27(25,26)23-20-11-13-24(14-12-20)15-17-3-7-19(22)8-4-17/h3-10,16,20,23H,11-15H2,1-2H3. The molecule has 1 aliphatic heterocycles. The molecule has 6 heteroatoms. The van der Waals surface area contributed by atoms with Crippen molar-refractivity contribution >= 4 is 21.6 Å². The fourth-order valence-electron chi connectivity index (χ4n) is 3.38. The van der Waals surface area contributed by atoms with E-state index in [4.69, 9.17) is 11.6 Å². The molecule has 146 valence electrons. The second-order valence-corrected chi connectivity index (χ2v) is 9.67. The normalized spacial score (nSPS) is 16.7. The van der Waals surface area contributed by atoms with Crippen molar-refractivity contribution in [1.82, 2.24) is 9.62 Å². The molecule has 0 amide bonds. The van der Waals surface area contributed by atoms with Gasteiger partial charge < -0.3 is 0 Å². The van der Waals surface area contributed by atoms with E-state index >= 15 is 0 Å². The van der Waals surface area contributed by atoms with Crippen molar-refractivity contribution < 1.29 is 8.42 Å². The van der Waals surface area contributed by atoms with Gasteiger partial charge in [-0.25, -0.2) is 13.1 Å². The number of halogens is 1. The molecule has 1 aliphatic rings. The molecule has 27 heavy (non-hydrogen) atoms. The number of nitrogens with one attached hydrogen (secondary N) is 1. The van der Waals surface area contributed by atoms with Crippen LogP contribution in [0.1, 0.15) is 43.7 Å². The van der Waals surface area contributed by atoms with Crippen LogP contribution in [0.3, 0.4) is 0 Å². The van der Waals surface area contributed by atoms with Crippen LogP contribution in [0, 0.1) is 0 Å². The second-order valence-electron chi connectivity index (χ2n) is 7.52. The van der Waals surface area contributed by atoms with Crippen molar-refractivity contribution in [2.24, 2.45) is 0 Å². The molecule has 0 saturated carbocycles. The van der Waals surface area contributed by atoms with E-state index in [9.17, 15) is 8.42 Å². The summed E-state index contributed by atoms with van der Waals surface area (Å²) in [6, 6.07) is 15.1. The van der Waals surface area contributed by atoms with Crippen molar-refractivity contribution in [2.75, 3.05) is 13.1 Å². The van der Waals surface area contributed by atoms with Crippen LogP contribution in [0.2, 0.25) is 5.02 Å². The number of hydrogen-bond donors (Lipinski definition) is 1. The third-order valence-corrected chi connectivity index (χ3v) is 6.87. The monoisotopic (exact) mass is 406 g/mol. The van der Waals surface area contributed by atoms with Crippen LogP contribution >= 0.6 is 11.6 Å². The zero-order valence-corrected chi connectivity index (χ0v) is 17.4. The molecule has 0 atom stereocenters. The van der Waals surface area contributed by atoms with E-state index in [2.05, 4.69) is 23.5 Å². The topological polar surface area (TPSA) is 49.4 Å². The zero-order chi connectivity index (χ0) is 19.4. The minimum Gasteiger partial charge on any atom is -0.299 e. The van der Waals surface area contributed by atoms with Gasteiger partial charge in [0.2, 0.25) is 10.0 Å². The molecule has 1 heterocycles. The van der Waals surface area contributed by atoms with Crippen molar-refractivity contribution in [3.63, 3.8) is 0 Å². The van der Waals surface area contributed by atoms with Gasteiger partial charge in [0.05, 0.1) is 4.90 Å². The molecular formula is C21H27ClN2O2S. The van der Waals surface area contributed by atoms with E-state index in [0.29, 0.717) is 10.8 Å². The van der Waals surface area contributed by atoms with Gasteiger partial charge in [0, 0.05) is 30.7 Å². The third kappa shape index (κ3) is 5.55. The van der Waals surface area contributed by atoms with Crippen molar-refractivity contribution in [2.45, 2.75) is 50.1 Å². The van der Waals surface area contributed by atoms with Gasteiger partial charge in [-0.3, -0.25) is 4.90 Å². The summed E-state index contributed by atoms with van der Waals surface area (Å²) in [5, 5.41) is 0.744. The van der Waals surface area contributed by atoms with Gasteiger partial charge in [0.25, 0.3) is 0 Å². The first-order valence-electron chi connectivity index (χ1n) is 9.42. The van der Waals surface area contributed by atoms with Crippen molar-refractivity contribution in [3.8, 4) is 0 Å². The predicted molar refractivity (Wildman–Crippen MR) is 111 cm³/mol. The maximum Gasteiger partial charge on any atom is 0.240 e. The smallest absolute Gasteiger partial charge is 0.240 e. The largest absolute Gasteiger partial charge is 0.299 e. The summed E-state index contributed by atoms with van der Waals surface area (Å²) in [7, 11) is -3.47. The maximum atomic E-state index is 12.6. The lowest BCUT2D eigenvalue weighted by atomic mass is 10.0. The van der Waals surface area contributed by atoms with Crippen LogP contribution in [0.4, 0.5) is 0 Å². The first-order chi connectivity index (χ1) is 12.8. The van der Waals surface area contributed by atoms with Crippen LogP contribution in [-0.2, 0) is 16.6 Å². The van der Waals surface area contributed by atoms with E-state index in [-0.39, 0.29) is 6.04 Å². The highest BCUT2D eigenvalue weighted by Gasteiger charge is 2.24. The molecule has 4 nitrogen and oxygen atoms in total. The number of sulfonamides is 1. The molecule has 0 bridgehead atoms. The molecule has 3 rings (SSSR count). The number of rotatable bonds is 6. The second kappa shape index (κ2) is 8.74. The van der Waals surface area contributed by atoms with Crippen LogP contribution < -0.4 is 4.72 Å². The lowest BCUT2D eigenvalue weighted by Gasteiger charge is -2.32. The number of likely N-dealkylation sites (tertiary alicyclic amines) is 1. The number of benzene rings is 2. The minimum atomic E-state index is -3.47. The summed E-state index contributed by atoms with van der Waals surface area (Å²) < 4.78 is 28.2. The molecule has 2 aromatic rings. The number of nitrogens with zero attached hydrogens (tertiary/aromatic N) is 1. The molecule has 0 radical (unpaired) electrons. The Balaban J connectivity index is 1.54. The van der Waals surface area contributed by atoms with Gasteiger partial charge >= 0.3 is 0 Å². The molecule has 0 aromatic heterocycles. The minimum absolute atomic E-state index is 0.0127. The fourth-order valence-corrected chi connectivity index (χ4v) is 4.81. The van der Waals surface area contributed by atoms with Gasteiger partial charge in [-0.05, 0) is 54.2 Å². The molecular weight excluding hydrogens is 380 g/mol. The number of piperidine rings is 1. The molecule has 1 N–H and O–H groups in total. The Bertz CT molecular complexity index is 841. The van der Waals surface area contributed by atoms with Crippen molar-refractivity contribution in [3.05, 3.63) is 64.7 Å². The van der Waals surface area contributed by atoms with Gasteiger partial charge in [0.1, 0.15) is 0 Å². The molecule has 0 aliphatic carbocycles. The van der Waals surface area contributed by atoms with Crippen LogP contribution in [0.15, 0.2) is 53.4 Å². The quantitative estimate of drug-likeness (QED) is 0.773. The predicted octanol–water partition coefficient (Wildman–Crippen LogP) is 4.41. The molecule has 0 spiro atoms. The Labute approximate surface area is 167 Å². The average molecular weight is 407 g/mol. The van der Waals surface area contributed by atoms with Gasteiger partial charge in [0.15, 0.2) is 0 Å². The summed E-state index contributed by atoms with van der Waals surface area (Å²) >= 11 is 5.93. The van der Waals surface area contributed by atoms with Gasteiger partial charge in [-0.1, -0.05) is 49.7 Å². The van der Waals surface area contributed by atoms with E-state index in [1.807, 2.05) is 36.4 Å². The van der Waals surface area contributed by atoms with Crippen LogP contribution in [0.25, 0.3) is 0 Å². The van der Waals surface area contributed by atoms with E-state index in [1.54, 1.807) is 12.1 Å². The van der Waals surface area contributed by atoms with Crippen LogP contribution in [0.5, 0.6) is 0 Å². The maximum absolute atomic E-state index is 12.6. The van der Waals surface area contributed by atoms with Gasteiger partial charge in [-0.15, -0.1) is 0 Å². The molecule has 2 aromatic carbocycles. The average Bonchev–Trinajstić information content (AvgIpc) is 2.65. The summed E-state index contributed by atoms with van der Waals surface area (Å²) in [4.78, 5) is 2.70. The highest BCUT2D eigenvalue weighted by Crippen LogP contribution is 2.20. The van der Waals surface area contributed by atoms with Gasteiger partial charge in [-0.2, -0.15) is 0 Å². The SMILES string of the molecule is CC(C)c1ccc(S(=O)(=O)NC2CCN(Cc3ccc(Cl)cc3)CC2)cc1. The zero-order valence-electron chi connectivity index (χ0n) is 15.9. The Hall–Kier alpha value is -1.40. The summed E-state index contributed by atoms with van der Waals surface area (Å²) in [6.07, 6.45) is 1.63. The lowest BCUT2D eigenvalue weighted by molar-refractivity contribution is 0.200. The third-order valence-electron chi connectivity index (χ3n) is 5.09. The molecule has 0 unspecified atom stereocenters. The van der Waals surface area contributed by atoms with E-state index < -0.39 is 10.0 Å². The number of hydrogen-bond acceptors (Lipinski definition) is 3. The van der Waals surface area contributed by atoms with Crippen LogP contribution in [-0.4, -0.2) is 32.4 Å². The fraction of sp³-hybridized carbons (Fsp3) is 0.429. The first-order valence-corrected chi connectivity index (χ1v) is 11.3. The summed E-state index contributed by atoms with van der Waals surface area (Å²) in [5.74, 6) is 0.389. The van der Waals surface area contributed by atoms with E-state index in [0.717, 1.165) is 43.1 Å². The molecule has 1 fully saturated rings. The first kappa shape index (κ1) is 20.3. The summed E-state index contributed by atoms with van der Waals surface area (Å²) in [6.45, 7) is 6.82. The highest BCUT2D eigenvalue weighted by atomic mass is 35.5.